The van der Waals surface area contributed by atoms with E-state index in [1.165, 1.54) is 11.3 Å². The van der Waals surface area contributed by atoms with E-state index in [9.17, 15) is 5.11 Å². The highest BCUT2D eigenvalue weighted by Gasteiger charge is 2.24. The lowest BCUT2D eigenvalue weighted by molar-refractivity contribution is 0.439. The van der Waals surface area contributed by atoms with Gasteiger partial charge >= 0.3 is 0 Å². The van der Waals surface area contributed by atoms with Crippen LogP contribution in [0.15, 0.2) is 65.1 Å². The molecule has 28 heavy (non-hydrogen) atoms. The van der Waals surface area contributed by atoms with E-state index >= 15 is 0 Å². The molecule has 1 N–H and O–H groups in total. The van der Waals surface area contributed by atoms with Gasteiger partial charge in [0.15, 0.2) is 0 Å². The second-order valence-electron chi connectivity index (χ2n) is 6.33. The molecule has 3 heterocycles. The lowest BCUT2D eigenvalue weighted by Crippen LogP contribution is -1.99. The Morgan fingerprint density at radius 3 is 2.61 bits per heavy atom. The standard InChI is InChI=1S/C21H15N5OS/c1-13-23-18(20(27)26(13)21-25-22-12-28-21)11-16-15-9-5-6-10-17(15)24-19(16)14-7-3-2-4-8-14/h2-12,27H,1H3/b16-11+. The van der Waals surface area contributed by atoms with Crippen molar-refractivity contribution in [3.05, 3.63) is 82.8 Å². The van der Waals surface area contributed by atoms with Crippen LogP contribution in [-0.4, -0.2) is 30.6 Å². The summed E-state index contributed by atoms with van der Waals surface area (Å²) in [6.07, 6.45) is 1.89. The summed E-state index contributed by atoms with van der Waals surface area (Å²) in [5, 5.41) is 19.3. The van der Waals surface area contributed by atoms with Gasteiger partial charge in [0.2, 0.25) is 11.0 Å². The third kappa shape index (κ3) is 2.64. The summed E-state index contributed by atoms with van der Waals surface area (Å²) in [4.78, 5) is 9.37. The number of benzene rings is 2. The van der Waals surface area contributed by atoms with Gasteiger partial charge in [-0.3, -0.25) is 0 Å². The van der Waals surface area contributed by atoms with Crippen molar-refractivity contribution >= 4 is 34.4 Å². The van der Waals surface area contributed by atoms with Crippen LogP contribution in [0.3, 0.4) is 0 Å². The number of rotatable bonds is 3. The molecule has 4 aromatic rings. The summed E-state index contributed by atoms with van der Waals surface area (Å²) in [6, 6.07) is 18.0. The van der Waals surface area contributed by atoms with Crippen molar-refractivity contribution in [1.29, 1.82) is 0 Å². The van der Waals surface area contributed by atoms with E-state index in [0.29, 0.717) is 16.6 Å². The third-order valence-electron chi connectivity index (χ3n) is 4.60. The number of aromatic hydroxyl groups is 1. The number of nitrogens with zero attached hydrogens (tertiary/aromatic N) is 5. The molecule has 7 heteroatoms. The van der Waals surface area contributed by atoms with E-state index in [1.54, 1.807) is 10.1 Å². The molecule has 0 spiro atoms. The van der Waals surface area contributed by atoms with Crippen molar-refractivity contribution in [3.8, 4) is 11.0 Å². The van der Waals surface area contributed by atoms with Crippen LogP contribution in [0.2, 0.25) is 0 Å². The minimum absolute atomic E-state index is 0.0403. The molecular formula is C21H15N5OS. The van der Waals surface area contributed by atoms with Gasteiger partial charge in [0.25, 0.3) is 0 Å². The monoisotopic (exact) mass is 385 g/mol. The fourth-order valence-corrected chi connectivity index (χ4v) is 3.95. The van der Waals surface area contributed by atoms with Gasteiger partial charge in [-0.25, -0.2) is 14.5 Å². The summed E-state index contributed by atoms with van der Waals surface area (Å²) in [5.41, 5.74) is 6.84. The molecule has 0 bridgehead atoms. The Labute approximate surface area is 165 Å². The molecule has 2 aromatic heterocycles. The Balaban J connectivity index is 1.68. The van der Waals surface area contributed by atoms with Crippen LogP contribution in [0.5, 0.6) is 5.88 Å². The summed E-state index contributed by atoms with van der Waals surface area (Å²) < 4.78 is 1.60. The summed E-state index contributed by atoms with van der Waals surface area (Å²) in [5.74, 6) is 0.684. The Hall–Kier alpha value is -3.58. The normalized spacial score (nSPS) is 14.3. The topological polar surface area (TPSA) is 76.2 Å². The number of imidazole rings is 1. The van der Waals surface area contributed by atoms with Gasteiger partial charge in [-0.1, -0.05) is 59.9 Å². The average molecular weight is 385 g/mol. The lowest BCUT2D eigenvalue weighted by Gasteiger charge is -2.05. The number of aromatic nitrogens is 4. The molecule has 6 nitrogen and oxygen atoms in total. The molecule has 0 amide bonds. The van der Waals surface area contributed by atoms with Crippen LogP contribution < -0.4 is 0 Å². The third-order valence-corrected chi connectivity index (χ3v) is 5.27. The van der Waals surface area contributed by atoms with Gasteiger partial charge in [-0.05, 0) is 19.1 Å². The predicted molar refractivity (Wildman–Crippen MR) is 110 cm³/mol. The van der Waals surface area contributed by atoms with Crippen LogP contribution in [0.4, 0.5) is 5.69 Å². The number of hydrogen-bond donors (Lipinski definition) is 1. The number of allylic oxidation sites excluding steroid dienone is 1. The molecule has 0 unspecified atom stereocenters. The van der Waals surface area contributed by atoms with Crippen molar-refractivity contribution in [1.82, 2.24) is 19.7 Å². The highest BCUT2D eigenvalue weighted by atomic mass is 32.1. The van der Waals surface area contributed by atoms with E-state index in [0.717, 1.165) is 28.1 Å². The van der Waals surface area contributed by atoms with E-state index in [1.807, 2.05) is 67.6 Å². The summed E-state index contributed by atoms with van der Waals surface area (Å²) >= 11 is 1.34. The van der Waals surface area contributed by atoms with Crippen LogP contribution in [0.25, 0.3) is 16.8 Å². The van der Waals surface area contributed by atoms with Gasteiger partial charge < -0.3 is 5.11 Å². The molecule has 2 aromatic carbocycles. The zero-order chi connectivity index (χ0) is 19.1. The SMILES string of the molecule is Cc1nc(/C=C2/C(c3ccccc3)=Nc3ccccc32)c(O)n1-c1nncs1. The first-order chi connectivity index (χ1) is 13.7. The molecule has 5 rings (SSSR count). The highest BCUT2D eigenvalue weighted by Crippen LogP contribution is 2.39. The first-order valence-electron chi connectivity index (χ1n) is 8.73. The van der Waals surface area contributed by atoms with E-state index < -0.39 is 0 Å². The van der Waals surface area contributed by atoms with Crippen molar-refractivity contribution < 1.29 is 5.11 Å². The largest absolute Gasteiger partial charge is 0.493 e. The van der Waals surface area contributed by atoms with Gasteiger partial charge in [0, 0.05) is 16.7 Å². The van der Waals surface area contributed by atoms with Crippen LogP contribution in [0.1, 0.15) is 22.6 Å². The fraction of sp³-hybridized carbons (Fsp3) is 0.0476. The van der Waals surface area contributed by atoms with Crippen molar-refractivity contribution in [2.24, 2.45) is 4.99 Å². The van der Waals surface area contributed by atoms with Gasteiger partial charge in [-0.2, -0.15) is 0 Å². The maximum absolute atomic E-state index is 10.8. The Bertz CT molecular complexity index is 1220. The summed E-state index contributed by atoms with van der Waals surface area (Å²) in [7, 11) is 0. The number of aliphatic imine (C=N–C) groups is 1. The zero-order valence-electron chi connectivity index (χ0n) is 14.9. The Morgan fingerprint density at radius 2 is 1.82 bits per heavy atom. The Kier molecular flexibility index (Phi) is 3.87. The minimum atomic E-state index is 0.0403. The smallest absolute Gasteiger partial charge is 0.225 e. The van der Waals surface area contributed by atoms with Crippen molar-refractivity contribution in [2.45, 2.75) is 6.92 Å². The van der Waals surface area contributed by atoms with E-state index in [-0.39, 0.29) is 5.88 Å². The fourth-order valence-electron chi connectivity index (χ4n) is 3.34. The van der Waals surface area contributed by atoms with Gasteiger partial charge in [0.05, 0.1) is 11.4 Å². The summed E-state index contributed by atoms with van der Waals surface area (Å²) in [6.45, 7) is 1.83. The molecule has 0 saturated heterocycles. The maximum Gasteiger partial charge on any atom is 0.225 e. The number of hydrogen-bond acceptors (Lipinski definition) is 6. The van der Waals surface area contributed by atoms with Gasteiger partial charge in [0.1, 0.15) is 17.0 Å². The number of fused-ring (bicyclic) bond motifs is 1. The lowest BCUT2D eigenvalue weighted by atomic mass is 9.97. The quantitative estimate of drug-likeness (QED) is 0.567. The van der Waals surface area contributed by atoms with Gasteiger partial charge in [-0.15, -0.1) is 10.2 Å². The zero-order valence-corrected chi connectivity index (χ0v) is 15.8. The van der Waals surface area contributed by atoms with E-state index in [2.05, 4.69) is 15.2 Å². The van der Waals surface area contributed by atoms with Crippen LogP contribution >= 0.6 is 11.3 Å². The molecule has 0 fully saturated rings. The first-order valence-corrected chi connectivity index (χ1v) is 9.61. The second-order valence-corrected chi connectivity index (χ2v) is 7.14. The van der Waals surface area contributed by atoms with Crippen molar-refractivity contribution in [3.63, 3.8) is 0 Å². The second kappa shape index (κ2) is 6.54. The molecule has 0 atom stereocenters. The predicted octanol–water partition coefficient (Wildman–Crippen LogP) is 4.41. The molecular weight excluding hydrogens is 370 g/mol. The molecule has 1 aliphatic rings. The maximum atomic E-state index is 10.8. The number of aryl methyl sites for hydroxylation is 1. The Morgan fingerprint density at radius 1 is 1.04 bits per heavy atom. The molecule has 0 saturated carbocycles. The van der Waals surface area contributed by atoms with Crippen LogP contribution in [-0.2, 0) is 0 Å². The highest BCUT2D eigenvalue weighted by molar-refractivity contribution is 7.11. The van der Waals surface area contributed by atoms with E-state index in [4.69, 9.17) is 4.99 Å². The minimum Gasteiger partial charge on any atom is -0.493 e. The molecule has 136 valence electrons. The molecule has 0 radical (unpaired) electrons. The number of para-hydroxylation sites is 1. The first kappa shape index (κ1) is 16.6. The average Bonchev–Trinajstić information content (AvgIpc) is 3.42. The molecule has 0 aliphatic carbocycles. The molecule has 1 aliphatic heterocycles. The van der Waals surface area contributed by atoms with Crippen molar-refractivity contribution in [2.75, 3.05) is 0 Å². The van der Waals surface area contributed by atoms with Crippen LogP contribution in [0, 0.1) is 6.92 Å².